The molecule has 6 nitrogen and oxygen atoms in total. The number of allylic oxidation sites excluding steroid dienone is 1. The van der Waals surface area contributed by atoms with E-state index < -0.39 is 5.92 Å². The Kier molecular flexibility index (Phi) is 5.59. The van der Waals surface area contributed by atoms with Crippen LogP contribution in [0.4, 0.5) is 5.69 Å². The molecule has 30 heavy (non-hydrogen) atoms. The van der Waals surface area contributed by atoms with E-state index in [0.717, 1.165) is 11.3 Å². The Morgan fingerprint density at radius 1 is 1.10 bits per heavy atom. The molecule has 2 aromatic carbocycles. The molecule has 0 fully saturated rings. The number of rotatable bonds is 4. The highest BCUT2D eigenvalue weighted by molar-refractivity contribution is 6.30. The van der Waals surface area contributed by atoms with E-state index in [1.807, 2.05) is 24.3 Å². The van der Waals surface area contributed by atoms with Crippen molar-refractivity contribution in [3.05, 3.63) is 70.4 Å². The summed E-state index contributed by atoms with van der Waals surface area (Å²) in [5, 5.41) is 6.09. The zero-order valence-corrected chi connectivity index (χ0v) is 17.2. The standard InChI is InChI=1S/C23H21ClN2O4/c1-30-17-7-5-13(6-8-17)14-9-19-22(20(27)10-14)18(12-21(28)26-19)23(29)25-16-4-2-3-15(24)11-16/h2-8,11,14,18H,9-10,12H2,1H3,(H,25,29)(H,26,28)/t14-,18-/m0/s1. The van der Waals surface area contributed by atoms with Crippen molar-refractivity contribution in [3.8, 4) is 5.75 Å². The topological polar surface area (TPSA) is 84.5 Å². The van der Waals surface area contributed by atoms with Crippen LogP contribution < -0.4 is 15.4 Å². The Labute approximate surface area is 179 Å². The molecule has 0 unspecified atom stereocenters. The van der Waals surface area contributed by atoms with Crippen molar-refractivity contribution in [2.45, 2.75) is 25.2 Å². The minimum absolute atomic E-state index is 0.0514. The van der Waals surface area contributed by atoms with Gasteiger partial charge in [0.25, 0.3) is 0 Å². The normalized spacial score (nSPS) is 21.0. The highest BCUT2D eigenvalue weighted by atomic mass is 35.5. The number of ketones is 1. The van der Waals surface area contributed by atoms with Crippen LogP contribution in [0.3, 0.4) is 0 Å². The van der Waals surface area contributed by atoms with Gasteiger partial charge in [0.2, 0.25) is 11.8 Å². The average molecular weight is 425 g/mol. The first-order valence-corrected chi connectivity index (χ1v) is 10.1. The number of benzene rings is 2. The van der Waals surface area contributed by atoms with Gasteiger partial charge >= 0.3 is 0 Å². The molecule has 2 aromatic rings. The van der Waals surface area contributed by atoms with Crippen LogP contribution in [0.5, 0.6) is 5.75 Å². The Morgan fingerprint density at radius 2 is 1.87 bits per heavy atom. The monoisotopic (exact) mass is 424 g/mol. The molecule has 1 heterocycles. The maximum atomic E-state index is 13.0. The van der Waals surface area contributed by atoms with Gasteiger partial charge in [-0.3, -0.25) is 14.4 Å². The second-order valence-corrected chi connectivity index (χ2v) is 7.93. The lowest BCUT2D eigenvalue weighted by Gasteiger charge is -2.33. The van der Waals surface area contributed by atoms with E-state index in [9.17, 15) is 14.4 Å². The number of anilines is 1. The summed E-state index contributed by atoms with van der Waals surface area (Å²) >= 11 is 5.98. The predicted octanol–water partition coefficient (Wildman–Crippen LogP) is 3.82. The molecule has 1 aliphatic carbocycles. The second-order valence-electron chi connectivity index (χ2n) is 7.50. The number of hydrogen-bond donors (Lipinski definition) is 2. The van der Waals surface area contributed by atoms with Crippen LogP contribution >= 0.6 is 11.6 Å². The number of Topliss-reactive ketones (excluding diaryl/α,β-unsaturated/α-hetero) is 1. The third-order valence-electron chi connectivity index (χ3n) is 5.53. The van der Waals surface area contributed by atoms with Crippen molar-refractivity contribution in [1.82, 2.24) is 5.32 Å². The van der Waals surface area contributed by atoms with Gasteiger partial charge in [0.05, 0.1) is 13.0 Å². The fourth-order valence-electron chi connectivity index (χ4n) is 4.09. The molecule has 0 saturated heterocycles. The number of ether oxygens (including phenoxy) is 1. The van der Waals surface area contributed by atoms with Crippen LogP contribution in [0.25, 0.3) is 0 Å². The van der Waals surface area contributed by atoms with Crippen molar-refractivity contribution in [2.24, 2.45) is 5.92 Å². The summed E-state index contributed by atoms with van der Waals surface area (Å²) in [4.78, 5) is 38.2. The molecular weight excluding hydrogens is 404 g/mol. The van der Waals surface area contributed by atoms with Gasteiger partial charge in [-0.05, 0) is 48.2 Å². The van der Waals surface area contributed by atoms with E-state index in [1.54, 1.807) is 31.4 Å². The number of methoxy groups -OCH3 is 1. The van der Waals surface area contributed by atoms with Crippen LogP contribution in [0.2, 0.25) is 5.02 Å². The minimum atomic E-state index is -0.808. The molecule has 0 saturated carbocycles. The van der Waals surface area contributed by atoms with Crippen LogP contribution in [0.1, 0.15) is 30.7 Å². The minimum Gasteiger partial charge on any atom is -0.497 e. The van der Waals surface area contributed by atoms with Crippen LogP contribution in [0, 0.1) is 5.92 Å². The quantitative estimate of drug-likeness (QED) is 0.781. The van der Waals surface area contributed by atoms with E-state index in [2.05, 4.69) is 10.6 Å². The van der Waals surface area contributed by atoms with E-state index in [1.165, 1.54) is 0 Å². The maximum absolute atomic E-state index is 13.0. The Bertz CT molecular complexity index is 1050. The molecule has 0 aromatic heterocycles. The third-order valence-corrected chi connectivity index (χ3v) is 5.77. The number of nitrogens with one attached hydrogen (secondary N) is 2. The zero-order chi connectivity index (χ0) is 21.3. The molecule has 4 rings (SSSR count). The largest absolute Gasteiger partial charge is 0.497 e. The predicted molar refractivity (Wildman–Crippen MR) is 113 cm³/mol. The Hall–Kier alpha value is -3.12. The number of carbonyl (C=O) groups excluding carboxylic acids is 3. The lowest BCUT2D eigenvalue weighted by atomic mass is 9.75. The molecule has 2 amide bonds. The van der Waals surface area contributed by atoms with Crippen LogP contribution in [0.15, 0.2) is 59.8 Å². The summed E-state index contributed by atoms with van der Waals surface area (Å²) in [6.45, 7) is 0. The SMILES string of the molecule is COc1ccc([C@@H]2CC(=O)C3=C(C2)NC(=O)C[C@@H]3C(=O)Nc2cccc(Cl)c2)cc1. The fourth-order valence-corrected chi connectivity index (χ4v) is 4.28. The summed E-state index contributed by atoms with van der Waals surface area (Å²) in [7, 11) is 1.60. The van der Waals surface area contributed by atoms with E-state index in [-0.39, 0.29) is 29.9 Å². The molecule has 1 aliphatic heterocycles. The smallest absolute Gasteiger partial charge is 0.232 e. The van der Waals surface area contributed by atoms with Crippen molar-refractivity contribution < 1.29 is 19.1 Å². The number of amides is 2. The average Bonchev–Trinajstić information content (AvgIpc) is 2.72. The molecule has 2 N–H and O–H groups in total. The first-order valence-electron chi connectivity index (χ1n) is 9.71. The fraction of sp³-hybridized carbons (Fsp3) is 0.261. The summed E-state index contributed by atoms with van der Waals surface area (Å²) in [6.07, 6.45) is 0.742. The van der Waals surface area contributed by atoms with Crippen molar-refractivity contribution in [1.29, 1.82) is 0 Å². The molecule has 0 radical (unpaired) electrons. The van der Waals surface area contributed by atoms with E-state index >= 15 is 0 Å². The summed E-state index contributed by atoms with van der Waals surface area (Å²) < 4.78 is 5.19. The van der Waals surface area contributed by atoms with Gasteiger partial charge in [-0.2, -0.15) is 0 Å². The number of halogens is 1. The third kappa shape index (κ3) is 4.09. The molecule has 0 spiro atoms. The first-order chi connectivity index (χ1) is 14.4. The first kappa shape index (κ1) is 20.2. The van der Waals surface area contributed by atoms with Gasteiger partial charge < -0.3 is 15.4 Å². The van der Waals surface area contributed by atoms with Crippen LogP contribution in [-0.4, -0.2) is 24.7 Å². The van der Waals surface area contributed by atoms with Crippen molar-refractivity contribution in [2.75, 3.05) is 12.4 Å². The van der Waals surface area contributed by atoms with E-state index in [0.29, 0.717) is 34.8 Å². The van der Waals surface area contributed by atoms with Gasteiger partial charge in [0.15, 0.2) is 5.78 Å². The highest BCUT2D eigenvalue weighted by Crippen LogP contribution is 2.39. The molecule has 2 aliphatic rings. The molecular formula is C23H21ClN2O4. The molecule has 2 atom stereocenters. The summed E-state index contributed by atoms with van der Waals surface area (Å²) in [5.41, 5.74) is 2.49. The molecule has 7 heteroatoms. The van der Waals surface area contributed by atoms with Gasteiger partial charge in [-0.1, -0.05) is 29.8 Å². The van der Waals surface area contributed by atoms with Gasteiger partial charge in [-0.25, -0.2) is 0 Å². The van der Waals surface area contributed by atoms with Crippen molar-refractivity contribution >= 4 is 34.9 Å². The lowest BCUT2D eigenvalue weighted by molar-refractivity contribution is -0.129. The van der Waals surface area contributed by atoms with E-state index in [4.69, 9.17) is 16.3 Å². The molecule has 154 valence electrons. The van der Waals surface area contributed by atoms with Gasteiger partial charge in [0.1, 0.15) is 5.75 Å². The summed E-state index contributed by atoms with van der Waals surface area (Å²) in [5.74, 6) is -0.874. The summed E-state index contributed by atoms with van der Waals surface area (Å²) in [6, 6.07) is 14.3. The lowest BCUT2D eigenvalue weighted by Crippen LogP contribution is -2.43. The van der Waals surface area contributed by atoms with Crippen LogP contribution in [-0.2, 0) is 14.4 Å². The van der Waals surface area contributed by atoms with Crippen molar-refractivity contribution in [3.63, 3.8) is 0 Å². The van der Waals surface area contributed by atoms with Gasteiger partial charge in [0, 0.05) is 34.8 Å². The van der Waals surface area contributed by atoms with Gasteiger partial charge in [-0.15, -0.1) is 0 Å². The zero-order valence-electron chi connectivity index (χ0n) is 16.4. The number of hydrogen-bond acceptors (Lipinski definition) is 4. The maximum Gasteiger partial charge on any atom is 0.232 e. The Morgan fingerprint density at radius 3 is 2.57 bits per heavy atom. The highest BCUT2D eigenvalue weighted by Gasteiger charge is 2.40. The second kappa shape index (κ2) is 8.32. The number of carbonyl (C=O) groups is 3. The Balaban J connectivity index is 1.59. The molecule has 0 bridgehead atoms.